The van der Waals surface area contributed by atoms with E-state index >= 15 is 0 Å². The van der Waals surface area contributed by atoms with Gasteiger partial charge in [-0.05, 0) is 19.1 Å². The monoisotopic (exact) mass is 313 g/mol. The van der Waals surface area contributed by atoms with Crippen LogP contribution in [-0.4, -0.2) is 39.3 Å². The van der Waals surface area contributed by atoms with E-state index in [1.807, 2.05) is 0 Å². The number of aromatic nitrogens is 4. The molecule has 0 spiro atoms. The summed E-state index contributed by atoms with van der Waals surface area (Å²) >= 11 is 0. The lowest BCUT2D eigenvalue weighted by Gasteiger charge is -2.04. The summed E-state index contributed by atoms with van der Waals surface area (Å²) in [4.78, 5) is 20.6. The number of fused-ring (bicyclic) bond motifs is 1. The standard InChI is InChI=1S/C15H15N5O3/c1-3-23-15(21)12-13(16)19-20-5-4-11(18-14(12)20)9-6-10(22-2)8-17-7-9/h4-8H,3H2,1-2H3,(H2,16,19). The van der Waals surface area contributed by atoms with Gasteiger partial charge in [0.25, 0.3) is 0 Å². The number of esters is 1. The first kappa shape index (κ1) is 14.8. The Balaban J connectivity index is 2.13. The molecule has 3 rings (SSSR count). The maximum absolute atomic E-state index is 12.1. The molecule has 23 heavy (non-hydrogen) atoms. The van der Waals surface area contributed by atoms with Gasteiger partial charge in [0.15, 0.2) is 11.5 Å². The summed E-state index contributed by atoms with van der Waals surface area (Å²) < 4.78 is 11.6. The average molecular weight is 313 g/mol. The Morgan fingerprint density at radius 1 is 1.39 bits per heavy atom. The minimum atomic E-state index is -0.548. The predicted octanol–water partition coefficient (Wildman–Crippen LogP) is 1.56. The number of carbonyl (C=O) groups excluding carboxylic acids is 1. The average Bonchev–Trinajstić information content (AvgIpc) is 2.90. The van der Waals surface area contributed by atoms with E-state index < -0.39 is 5.97 Å². The number of pyridine rings is 1. The molecule has 0 fully saturated rings. The van der Waals surface area contributed by atoms with Crippen molar-refractivity contribution in [2.75, 3.05) is 19.5 Å². The van der Waals surface area contributed by atoms with E-state index in [1.54, 1.807) is 44.8 Å². The number of hydrogen-bond donors (Lipinski definition) is 1. The molecule has 8 heteroatoms. The molecule has 0 amide bonds. The maximum atomic E-state index is 12.1. The minimum Gasteiger partial charge on any atom is -0.495 e. The molecule has 118 valence electrons. The van der Waals surface area contributed by atoms with Crippen LogP contribution in [-0.2, 0) is 4.74 Å². The van der Waals surface area contributed by atoms with Crippen LogP contribution in [0.1, 0.15) is 17.3 Å². The molecule has 0 atom stereocenters. The Hall–Kier alpha value is -3.16. The topological polar surface area (TPSA) is 105 Å². The molecule has 0 aliphatic rings. The highest BCUT2D eigenvalue weighted by molar-refractivity contribution is 6.00. The van der Waals surface area contributed by atoms with Gasteiger partial charge >= 0.3 is 5.97 Å². The second-order valence-corrected chi connectivity index (χ2v) is 4.68. The Morgan fingerprint density at radius 3 is 2.96 bits per heavy atom. The first-order chi connectivity index (χ1) is 11.1. The highest BCUT2D eigenvalue weighted by atomic mass is 16.5. The summed E-state index contributed by atoms with van der Waals surface area (Å²) in [6.45, 7) is 1.97. The number of rotatable bonds is 4. The summed E-state index contributed by atoms with van der Waals surface area (Å²) in [5, 5.41) is 4.08. The van der Waals surface area contributed by atoms with Crippen LogP contribution in [0, 0.1) is 0 Å². The normalized spacial score (nSPS) is 10.7. The minimum absolute atomic E-state index is 0.0804. The lowest BCUT2D eigenvalue weighted by molar-refractivity contribution is 0.0529. The Labute approximate surface area is 131 Å². The molecule has 0 radical (unpaired) electrons. The number of hydrogen-bond acceptors (Lipinski definition) is 7. The van der Waals surface area contributed by atoms with Gasteiger partial charge in [-0.1, -0.05) is 0 Å². The maximum Gasteiger partial charge on any atom is 0.345 e. The zero-order valence-electron chi connectivity index (χ0n) is 12.7. The molecule has 0 aromatic carbocycles. The van der Waals surface area contributed by atoms with Gasteiger partial charge in [-0.15, -0.1) is 5.10 Å². The Kier molecular flexibility index (Phi) is 3.80. The lowest BCUT2D eigenvalue weighted by atomic mass is 10.2. The van der Waals surface area contributed by atoms with E-state index in [0.717, 1.165) is 5.56 Å². The number of nitrogens with two attached hydrogens (primary N) is 1. The molecule has 2 N–H and O–H groups in total. The second-order valence-electron chi connectivity index (χ2n) is 4.68. The van der Waals surface area contributed by atoms with E-state index in [1.165, 1.54) is 4.52 Å². The van der Waals surface area contributed by atoms with E-state index in [-0.39, 0.29) is 18.0 Å². The summed E-state index contributed by atoms with van der Waals surface area (Å²) in [5.74, 6) is 0.146. The van der Waals surface area contributed by atoms with Crippen molar-refractivity contribution in [2.45, 2.75) is 6.92 Å². The van der Waals surface area contributed by atoms with Crippen molar-refractivity contribution in [3.8, 4) is 17.0 Å². The number of methoxy groups -OCH3 is 1. The van der Waals surface area contributed by atoms with Crippen molar-refractivity contribution in [3.63, 3.8) is 0 Å². The molecular formula is C15H15N5O3. The first-order valence-electron chi connectivity index (χ1n) is 6.95. The number of nitrogen functional groups attached to an aromatic ring is 1. The summed E-state index contributed by atoms with van der Waals surface area (Å²) in [5.41, 5.74) is 7.68. The molecule has 0 unspecified atom stereocenters. The van der Waals surface area contributed by atoms with E-state index in [9.17, 15) is 4.79 Å². The van der Waals surface area contributed by atoms with Crippen LogP contribution in [0.15, 0.2) is 30.7 Å². The van der Waals surface area contributed by atoms with Gasteiger partial charge in [-0.2, -0.15) is 0 Å². The number of ether oxygens (including phenoxy) is 2. The number of carbonyl (C=O) groups is 1. The summed E-state index contributed by atoms with van der Waals surface area (Å²) in [6, 6.07) is 3.56. The first-order valence-corrected chi connectivity index (χ1v) is 6.95. The number of nitrogens with zero attached hydrogens (tertiary/aromatic N) is 4. The van der Waals surface area contributed by atoms with Gasteiger partial charge in [0.2, 0.25) is 0 Å². The van der Waals surface area contributed by atoms with Crippen molar-refractivity contribution < 1.29 is 14.3 Å². The molecule has 0 bridgehead atoms. The van der Waals surface area contributed by atoms with Crippen LogP contribution in [0.25, 0.3) is 16.9 Å². The van der Waals surface area contributed by atoms with Crippen molar-refractivity contribution in [1.29, 1.82) is 0 Å². The predicted molar refractivity (Wildman–Crippen MR) is 83.1 cm³/mol. The van der Waals surface area contributed by atoms with Crippen LogP contribution in [0.2, 0.25) is 0 Å². The lowest BCUT2D eigenvalue weighted by Crippen LogP contribution is -2.07. The van der Waals surface area contributed by atoms with Gasteiger partial charge in [0, 0.05) is 18.0 Å². The van der Waals surface area contributed by atoms with Crippen LogP contribution in [0.4, 0.5) is 5.82 Å². The third kappa shape index (κ3) is 2.66. The fourth-order valence-electron chi connectivity index (χ4n) is 2.18. The van der Waals surface area contributed by atoms with E-state index in [2.05, 4.69) is 15.1 Å². The Bertz CT molecular complexity index is 875. The van der Waals surface area contributed by atoms with Crippen molar-refractivity contribution in [2.24, 2.45) is 0 Å². The zero-order chi connectivity index (χ0) is 16.4. The Morgan fingerprint density at radius 2 is 2.22 bits per heavy atom. The summed E-state index contributed by atoms with van der Waals surface area (Å²) in [7, 11) is 1.56. The van der Waals surface area contributed by atoms with Gasteiger partial charge in [-0.3, -0.25) is 4.98 Å². The third-order valence-corrected chi connectivity index (χ3v) is 3.24. The van der Waals surface area contributed by atoms with Crippen LogP contribution < -0.4 is 10.5 Å². The summed E-state index contributed by atoms with van der Waals surface area (Å²) in [6.07, 6.45) is 4.93. The molecule has 3 aromatic heterocycles. The molecule has 8 nitrogen and oxygen atoms in total. The molecule has 0 saturated heterocycles. The molecule has 0 saturated carbocycles. The van der Waals surface area contributed by atoms with E-state index in [4.69, 9.17) is 15.2 Å². The molecule has 0 aliphatic carbocycles. The fourth-order valence-corrected chi connectivity index (χ4v) is 2.18. The van der Waals surface area contributed by atoms with Crippen molar-refractivity contribution in [1.82, 2.24) is 19.6 Å². The van der Waals surface area contributed by atoms with Crippen molar-refractivity contribution in [3.05, 3.63) is 36.3 Å². The van der Waals surface area contributed by atoms with Crippen LogP contribution in [0.5, 0.6) is 5.75 Å². The van der Waals surface area contributed by atoms with Crippen molar-refractivity contribution >= 4 is 17.4 Å². The molecular weight excluding hydrogens is 298 g/mol. The van der Waals surface area contributed by atoms with E-state index in [0.29, 0.717) is 17.1 Å². The smallest absolute Gasteiger partial charge is 0.345 e. The van der Waals surface area contributed by atoms with Gasteiger partial charge in [-0.25, -0.2) is 14.3 Å². The van der Waals surface area contributed by atoms with Gasteiger partial charge in [0.05, 0.1) is 25.6 Å². The van der Waals surface area contributed by atoms with Gasteiger partial charge in [0.1, 0.15) is 11.3 Å². The second kappa shape index (κ2) is 5.91. The molecule has 3 aromatic rings. The molecule has 3 heterocycles. The third-order valence-electron chi connectivity index (χ3n) is 3.24. The zero-order valence-corrected chi connectivity index (χ0v) is 12.7. The van der Waals surface area contributed by atoms with Crippen LogP contribution >= 0.6 is 0 Å². The number of anilines is 1. The quantitative estimate of drug-likeness (QED) is 0.729. The molecule has 0 aliphatic heterocycles. The highest BCUT2D eigenvalue weighted by Gasteiger charge is 2.21. The van der Waals surface area contributed by atoms with Gasteiger partial charge < -0.3 is 15.2 Å². The van der Waals surface area contributed by atoms with Crippen LogP contribution in [0.3, 0.4) is 0 Å². The highest BCUT2D eigenvalue weighted by Crippen LogP contribution is 2.24. The SMILES string of the molecule is CCOC(=O)c1c(N)nn2ccc(-c3cncc(OC)c3)nc12. The fraction of sp³-hybridized carbons (Fsp3) is 0.200. The largest absolute Gasteiger partial charge is 0.495 e.